The predicted molar refractivity (Wildman–Crippen MR) is 71.5 cm³/mol. The van der Waals surface area contributed by atoms with Crippen LogP contribution in [-0.2, 0) is 9.59 Å². The van der Waals surface area contributed by atoms with Crippen molar-refractivity contribution >= 4 is 17.5 Å². The highest BCUT2D eigenvalue weighted by Crippen LogP contribution is 2.52. The molecule has 1 aromatic carbocycles. The minimum atomic E-state index is -0.0681. The number of nitrogens with zero attached hydrogens (tertiary/aromatic N) is 1. The van der Waals surface area contributed by atoms with Gasteiger partial charge in [0.15, 0.2) is 0 Å². The molecule has 4 rings (SSSR count). The fourth-order valence-electron chi connectivity index (χ4n) is 3.89. The van der Waals surface area contributed by atoms with Gasteiger partial charge in [-0.05, 0) is 49.7 Å². The molecule has 1 saturated carbocycles. The molecule has 2 amide bonds. The van der Waals surface area contributed by atoms with E-state index in [0.29, 0.717) is 11.8 Å². The number of benzene rings is 1. The average Bonchev–Trinajstić information content (AvgIpc) is 3.06. The largest absolute Gasteiger partial charge is 0.269 e. The van der Waals surface area contributed by atoms with Gasteiger partial charge >= 0.3 is 0 Å². The van der Waals surface area contributed by atoms with Crippen LogP contribution in [0.2, 0.25) is 0 Å². The van der Waals surface area contributed by atoms with Crippen molar-refractivity contribution in [2.75, 3.05) is 4.90 Å². The summed E-state index contributed by atoms with van der Waals surface area (Å²) in [5, 5.41) is 0. The highest BCUT2D eigenvalue weighted by Gasteiger charge is 2.52. The van der Waals surface area contributed by atoms with Gasteiger partial charge in [-0.25, -0.2) is 4.90 Å². The highest BCUT2D eigenvalue weighted by atomic mass is 16.2. The number of hydrogen-bond donors (Lipinski definition) is 0. The Kier molecular flexibility index (Phi) is 2.06. The Balaban J connectivity index is 1.81. The molecule has 2 unspecified atom stereocenters. The second-order valence-corrected chi connectivity index (χ2v) is 5.77. The quantitative estimate of drug-likeness (QED) is 0.721. The number of hydrogen-bond acceptors (Lipinski definition) is 2. The molecular formula is C16H15NO2. The molecule has 1 fully saturated rings. The van der Waals surface area contributed by atoms with Gasteiger partial charge in [0.05, 0.1) is 5.69 Å². The van der Waals surface area contributed by atoms with Gasteiger partial charge in [-0.2, -0.15) is 0 Å². The van der Waals surface area contributed by atoms with Gasteiger partial charge in [-0.3, -0.25) is 9.59 Å². The Hall–Kier alpha value is -1.90. The van der Waals surface area contributed by atoms with Crippen molar-refractivity contribution in [1.82, 2.24) is 0 Å². The molecule has 3 heteroatoms. The first-order chi connectivity index (χ1) is 9.18. The zero-order chi connectivity index (χ0) is 13.1. The zero-order valence-electron chi connectivity index (χ0n) is 10.8. The Labute approximate surface area is 111 Å². The summed E-state index contributed by atoms with van der Waals surface area (Å²) >= 11 is 0. The summed E-state index contributed by atoms with van der Waals surface area (Å²) in [5.41, 5.74) is 3.36. The van der Waals surface area contributed by atoms with Crippen LogP contribution in [-0.4, -0.2) is 11.8 Å². The van der Waals surface area contributed by atoms with Crippen molar-refractivity contribution in [2.45, 2.75) is 26.2 Å². The van der Waals surface area contributed by atoms with Crippen LogP contribution >= 0.6 is 0 Å². The molecule has 0 saturated heterocycles. The highest BCUT2D eigenvalue weighted by molar-refractivity contribution is 6.34. The fourth-order valence-corrected chi connectivity index (χ4v) is 3.89. The number of aryl methyl sites for hydroxylation is 1. The van der Waals surface area contributed by atoms with E-state index in [4.69, 9.17) is 0 Å². The SMILES string of the molecule is Cc1ccccc1N1C(=O)C2=C(C1=O)C1CCC2C1. The van der Waals surface area contributed by atoms with Gasteiger partial charge in [0.25, 0.3) is 11.8 Å². The smallest absolute Gasteiger partial charge is 0.262 e. The van der Waals surface area contributed by atoms with Crippen molar-refractivity contribution in [3.8, 4) is 0 Å². The minimum Gasteiger partial charge on any atom is -0.269 e. The minimum absolute atomic E-state index is 0.0681. The van der Waals surface area contributed by atoms with Crippen molar-refractivity contribution in [1.29, 1.82) is 0 Å². The van der Waals surface area contributed by atoms with Crippen molar-refractivity contribution < 1.29 is 9.59 Å². The summed E-state index contributed by atoms with van der Waals surface area (Å²) in [6.45, 7) is 1.94. The monoisotopic (exact) mass is 253 g/mol. The van der Waals surface area contributed by atoms with Gasteiger partial charge < -0.3 is 0 Å². The summed E-state index contributed by atoms with van der Waals surface area (Å²) in [5.74, 6) is 0.541. The Morgan fingerprint density at radius 1 is 1.00 bits per heavy atom. The first-order valence-corrected chi connectivity index (χ1v) is 6.87. The maximum Gasteiger partial charge on any atom is 0.262 e. The van der Waals surface area contributed by atoms with Gasteiger partial charge in [0, 0.05) is 11.1 Å². The third-order valence-electron chi connectivity index (χ3n) is 4.76. The first kappa shape index (κ1) is 11.0. The standard InChI is InChI=1S/C16H15NO2/c1-9-4-2-3-5-12(9)17-15(18)13-10-6-7-11(8-10)14(13)16(17)19/h2-5,10-11H,6-8H2,1H3. The molecule has 2 aliphatic carbocycles. The number of carbonyl (C=O) groups is 2. The molecule has 1 heterocycles. The molecule has 3 aliphatic rings. The second kappa shape index (κ2) is 3.56. The Bertz CT molecular complexity index is 612. The van der Waals surface area contributed by atoms with Gasteiger partial charge in [0.1, 0.15) is 0 Å². The molecule has 0 N–H and O–H groups in total. The third-order valence-corrected chi connectivity index (χ3v) is 4.76. The summed E-state index contributed by atoms with van der Waals surface area (Å²) in [6.07, 6.45) is 3.16. The van der Waals surface area contributed by atoms with E-state index in [9.17, 15) is 9.59 Å². The maximum absolute atomic E-state index is 12.6. The van der Waals surface area contributed by atoms with Crippen LogP contribution in [0.25, 0.3) is 0 Å². The van der Waals surface area contributed by atoms with Crippen LogP contribution in [0.1, 0.15) is 24.8 Å². The van der Waals surface area contributed by atoms with E-state index < -0.39 is 0 Å². The summed E-state index contributed by atoms with van der Waals surface area (Å²) in [4.78, 5) is 26.6. The van der Waals surface area contributed by atoms with Crippen molar-refractivity contribution in [3.63, 3.8) is 0 Å². The van der Waals surface area contributed by atoms with Gasteiger partial charge in [0.2, 0.25) is 0 Å². The molecule has 2 atom stereocenters. The van der Waals surface area contributed by atoms with Gasteiger partial charge in [-0.1, -0.05) is 18.2 Å². The molecule has 1 aliphatic heterocycles. The van der Waals surface area contributed by atoms with Crippen molar-refractivity contribution in [3.05, 3.63) is 41.0 Å². The maximum atomic E-state index is 12.6. The fraction of sp³-hybridized carbons (Fsp3) is 0.375. The average molecular weight is 253 g/mol. The van der Waals surface area contributed by atoms with Crippen LogP contribution in [0.15, 0.2) is 35.4 Å². The molecule has 0 spiro atoms. The van der Waals surface area contributed by atoms with Crippen molar-refractivity contribution in [2.24, 2.45) is 11.8 Å². The number of rotatable bonds is 1. The lowest BCUT2D eigenvalue weighted by Gasteiger charge is -2.19. The van der Waals surface area contributed by atoms with Crippen LogP contribution < -0.4 is 4.90 Å². The summed E-state index contributed by atoms with van der Waals surface area (Å²) in [7, 11) is 0. The van der Waals surface area contributed by atoms with Crippen LogP contribution in [0, 0.1) is 18.8 Å². The first-order valence-electron chi connectivity index (χ1n) is 6.87. The lowest BCUT2D eigenvalue weighted by molar-refractivity contribution is -0.121. The van der Waals surface area contributed by atoms with E-state index >= 15 is 0 Å². The van der Waals surface area contributed by atoms with E-state index in [2.05, 4.69) is 0 Å². The topological polar surface area (TPSA) is 37.4 Å². The lowest BCUT2D eigenvalue weighted by atomic mass is 9.93. The molecule has 0 radical (unpaired) electrons. The molecule has 3 nitrogen and oxygen atoms in total. The van der Waals surface area contributed by atoms with E-state index in [1.54, 1.807) is 0 Å². The van der Waals surface area contributed by atoms with E-state index in [1.165, 1.54) is 4.90 Å². The van der Waals surface area contributed by atoms with Gasteiger partial charge in [-0.15, -0.1) is 0 Å². The number of anilines is 1. The molecule has 1 aromatic rings. The molecule has 19 heavy (non-hydrogen) atoms. The zero-order valence-corrected chi connectivity index (χ0v) is 10.8. The van der Waals surface area contributed by atoms with Crippen LogP contribution in [0.5, 0.6) is 0 Å². The van der Waals surface area contributed by atoms with E-state index in [-0.39, 0.29) is 11.8 Å². The molecule has 2 bridgehead atoms. The van der Waals surface area contributed by atoms with Crippen LogP contribution in [0.3, 0.4) is 0 Å². The number of amides is 2. The van der Waals surface area contributed by atoms with E-state index in [1.807, 2.05) is 31.2 Å². The van der Waals surface area contributed by atoms with E-state index in [0.717, 1.165) is 41.7 Å². The Morgan fingerprint density at radius 3 is 2.16 bits per heavy atom. The normalized spacial score (nSPS) is 28.6. The second-order valence-electron chi connectivity index (χ2n) is 5.77. The third kappa shape index (κ3) is 1.28. The number of imide groups is 1. The molecule has 0 aromatic heterocycles. The van der Waals surface area contributed by atoms with Crippen LogP contribution in [0.4, 0.5) is 5.69 Å². The number of carbonyl (C=O) groups excluding carboxylic acids is 2. The summed E-state index contributed by atoms with van der Waals surface area (Å²) in [6, 6.07) is 7.60. The Morgan fingerprint density at radius 2 is 1.58 bits per heavy atom. The molecular weight excluding hydrogens is 238 g/mol. The number of para-hydroxylation sites is 1. The predicted octanol–water partition coefficient (Wildman–Crippen LogP) is 2.59. The summed E-state index contributed by atoms with van der Waals surface area (Å²) < 4.78 is 0. The lowest BCUT2D eigenvalue weighted by Crippen LogP contribution is -2.34. The molecule has 96 valence electrons. The number of fused-ring (bicyclic) bond motifs is 4.